The van der Waals surface area contributed by atoms with Crippen molar-refractivity contribution in [2.75, 3.05) is 0 Å². The van der Waals surface area contributed by atoms with Gasteiger partial charge in [0.2, 0.25) is 10.0 Å². The van der Waals surface area contributed by atoms with E-state index in [9.17, 15) is 18.3 Å². The number of aliphatic carboxylic acids is 1. The molecular formula is C23H19ClN2O4S. The number of fused-ring (bicyclic) bond motifs is 1. The van der Waals surface area contributed by atoms with Crippen molar-refractivity contribution in [3.63, 3.8) is 0 Å². The maximum absolute atomic E-state index is 12.8. The van der Waals surface area contributed by atoms with Gasteiger partial charge in [-0.2, -0.15) is 4.72 Å². The van der Waals surface area contributed by atoms with Crippen molar-refractivity contribution in [1.82, 2.24) is 9.71 Å². The third-order valence-electron chi connectivity index (χ3n) is 5.04. The van der Waals surface area contributed by atoms with Crippen LogP contribution < -0.4 is 4.72 Å². The Hall–Kier alpha value is -3.13. The van der Waals surface area contributed by atoms with E-state index in [2.05, 4.69) is 9.71 Å². The SMILES string of the molecule is O=C(O)C(Cc1c[nH]c2ccccc12)NS(=O)(=O)c1ccc(-c2ccc(Cl)cc2)cc1. The second-order valence-electron chi connectivity index (χ2n) is 7.11. The van der Waals surface area contributed by atoms with Gasteiger partial charge in [0.1, 0.15) is 6.04 Å². The monoisotopic (exact) mass is 454 g/mol. The number of rotatable bonds is 7. The van der Waals surface area contributed by atoms with Crippen molar-refractivity contribution in [3.8, 4) is 11.1 Å². The molecule has 0 fully saturated rings. The summed E-state index contributed by atoms with van der Waals surface area (Å²) in [7, 11) is -4.03. The highest BCUT2D eigenvalue weighted by Gasteiger charge is 2.26. The number of para-hydroxylation sites is 1. The molecule has 0 saturated carbocycles. The molecule has 0 amide bonds. The number of benzene rings is 3. The molecule has 1 atom stereocenters. The molecule has 0 radical (unpaired) electrons. The van der Waals surface area contributed by atoms with Gasteiger partial charge >= 0.3 is 5.97 Å². The van der Waals surface area contributed by atoms with E-state index in [1.54, 1.807) is 30.5 Å². The average molecular weight is 455 g/mol. The lowest BCUT2D eigenvalue weighted by molar-refractivity contribution is -0.138. The van der Waals surface area contributed by atoms with E-state index in [-0.39, 0.29) is 11.3 Å². The Morgan fingerprint density at radius 3 is 2.23 bits per heavy atom. The standard InChI is InChI=1S/C23H19ClN2O4S/c24-18-9-5-15(6-10-18)16-7-11-19(12-8-16)31(29,30)26-22(23(27)28)13-17-14-25-21-4-2-1-3-20(17)21/h1-12,14,22,25-26H,13H2,(H,27,28). The number of carboxylic acid groups (broad SMARTS) is 1. The van der Waals surface area contributed by atoms with Gasteiger partial charge < -0.3 is 10.1 Å². The van der Waals surface area contributed by atoms with Gasteiger partial charge in [-0.25, -0.2) is 8.42 Å². The van der Waals surface area contributed by atoms with E-state index in [4.69, 9.17) is 11.6 Å². The highest BCUT2D eigenvalue weighted by molar-refractivity contribution is 7.89. The van der Waals surface area contributed by atoms with Crippen LogP contribution >= 0.6 is 11.6 Å². The molecule has 0 bridgehead atoms. The van der Waals surface area contributed by atoms with Gasteiger partial charge in [-0.05, 0) is 47.0 Å². The second kappa shape index (κ2) is 8.55. The number of carbonyl (C=O) groups is 1. The Labute approximate surface area is 184 Å². The van der Waals surface area contributed by atoms with Crippen LogP contribution in [0.25, 0.3) is 22.0 Å². The van der Waals surface area contributed by atoms with Crippen molar-refractivity contribution in [1.29, 1.82) is 0 Å². The fourth-order valence-electron chi connectivity index (χ4n) is 3.42. The molecule has 0 aliphatic carbocycles. The number of aromatic nitrogens is 1. The molecular weight excluding hydrogens is 436 g/mol. The molecule has 0 spiro atoms. The van der Waals surface area contributed by atoms with E-state index in [0.717, 1.165) is 27.6 Å². The van der Waals surface area contributed by atoms with E-state index < -0.39 is 22.0 Å². The summed E-state index contributed by atoms with van der Waals surface area (Å²) in [6.45, 7) is 0. The lowest BCUT2D eigenvalue weighted by Gasteiger charge is -2.15. The summed E-state index contributed by atoms with van der Waals surface area (Å²) in [5.74, 6) is -1.24. The van der Waals surface area contributed by atoms with E-state index in [0.29, 0.717) is 5.02 Å². The number of nitrogens with one attached hydrogen (secondary N) is 2. The predicted octanol–water partition coefficient (Wildman–Crippen LogP) is 4.46. The van der Waals surface area contributed by atoms with E-state index in [1.807, 2.05) is 36.4 Å². The molecule has 4 rings (SSSR count). The Morgan fingerprint density at radius 1 is 0.968 bits per heavy atom. The van der Waals surface area contributed by atoms with Crippen LogP contribution in [0.15, 0.2) is 83.9 Å². The number of H-pyrrole nitrogens is 1. The summed E-state index contributed by atoms with van der Waals surface area (Å²) in [5.41, 5.74) is 3.30. The van der Waals surface area contributed by atoms with Crippen LogP contribution in [-0.4, -0.2) is 30.5 Å². The molecule has 0 saturated heterocycles. The van der Waals surface area contributed by atoms with Crippen molar-refractivity contribution in [2.45, 2.75) is 17.4 Å². The molecule has 3 aromatic carbocycles. The van der Waals surface area contributed by atoms with E-state index in [1.165, 1.54) is 12.1 Å². The van der Waals surface area contributed by atoms with Gasteiger partial charge in [-0.1, -0.05) is 54.1 Å². The smallest absolute Gasteiger partial charge is 0.322 e. The topological polar surface area (TPSA) is 99.3 Å². The van der Waals surface area contributed by atoms with Crippen molar-refractivity contribution in [2.24, 2.45) is 0 Å². The van der Waals surface area contributed by atoms with Gasteiger partial charge in [0.05, 0.1) is 4.90 Å². The summed E-state index contributed by atoms with van der Waals surface area (Å²) in [5, 5.41) is 11.1. The zero-order chi connectivity index (χ0) is 22.0. The van der Waals surface area contributed by atoms with Gasteiger partial charge in [0, 0.05) is 28.5 Å². The molecule has 31 heavy (non-hydrogen) atoms. The van der Waals surface area contributed by atoms with Gasteiger partial charge in [0.25, 0.3) is 0 Å². The molecule has 1 aromatic heterocycles. The molecule has 1 unspecified atom stereocenters. The van der Waals surface area contributed by atoms with Gasteiger partial charge in [-0.15, -0.1) is 0 Å². The number of carboxylic acids is 1. The first-order chi connectivity index (χ1) is 14.8. The van der Waals surface area contributed by atoms with E-state index >= 15 is 0 Å². The Morgan fingerprint density at radius 2 is 1.58 bits per heavy atom. The Bertz CT molecular complexity index is 1330. The molecule has 3 N–H and O–H groups in total. The summed E-state index contributed by atoms with van der Waals surface area (Å²) < 4.78 is 28.0. The minimum Gasteiger partial charge on any atom is -0.480 e. The van der Waals surface area contributed by atoms with Crippen LogP contribution in [0.5, 0.6) is 0 Å². The first-order valence-electron chi connectivity index (χ1n) is 9.49. The first-order valence-corrected chi connectivity index (χ1v) is 11.4. The maximum Gasteiger partial charge on any atom is 0.322 e. The van der Waals surface area contributed by atoms with Crippen molar-refractivity contribution >= 4 is 38.5 Å². The summed E-state index contributed by atoms with van der Waals surface area (Å²) >= 11 is 5.90. The fourth-order valence-corrected chi connectivity index (χ4v) is 4.74. The quantitative estimate of drug-likeness (QED) is 0.384. The van der Waals surface area contributed by atoms with Crippen molar-refractivity contribution in [3.05, 3.63) is 89.6 Å². The van der Waals surface area contributed by atoms with Crippen LogP contribution in [0.1, 0.15) is 5.56 Å². The van der Waals surface area contributed by atoms with Crippen LogP contribution in [0.2, 0.25) is 5.02 Å². The second-order valence-corrected chi connectivity index (χ2v) is 9.26. The number of hydrogen-bond acceptors (Lipinski definition) is 3. The highest BCUT2D eigenvalue weighted by Crippen LogP contribution is 2.24. The third kappa shape index (κ3) is 4.64. The Balaban J connectivity index is 1.55. The predicted molar refractivity (Wildman–Crippen MR) is 121 cm³/mol. The average Bonchev–Trinajstić information content (AvgIpc) is 3.17. The number of halogens is 1. The molecule has 6 nitrogen and oxygen atoms in total. The maximum atomic E-state index is 12.8. The first kappa shape index (κ1) is 21.1. The zero-order valence-electron chi connectivity index (χ0n) is 16.2. The Kier molecular flexibility index (Phi) is 5.82. The van der Waals surface area contributed by atoms with Crippen LogP contribution in [0.3, 0.4) is 0 Å². The molecule has 158 valence electrons. The zero-order valence-corrected chi connectivity index (χ0v) is 17.8. The largest absolute Gasteiger partial charge is 0.480 e. The molecule has 8 heteroatoms. The summed E-state index contributed by atoms with van der Waals surface area (Å²) in [6, 6.07) is 19.6. The number of hydrogen-bond donors (Lipinski definition) is 3. The minimum absolute atomic E-state index is 0.00427. The van der Waals surface area contributed by atoms with Crippen LogP contribution in [-0.2, 0) is 21.2 Å². The lowest BCUT2D eigenvalue weighted by atomic mass is 10.1. The third-order valence-corrected chi connectivity index (χ3v) is 6.78. The summed E-state index contributed by atoms with van der Waals surface area (Å²) in [6.07, 6.45) is 1.72. The fraction of sp³-hybridized carbons (Fsp3) is 0.0870. The van der Waals surface area contributed by atoms with Crippen LogP contribution in [0.4, 0.5) is 0 Å². The molecule has 1 heterocycles. The highest BCUT2D eigenvalue weighted by atomic mass is 35.5. The van der Waals surface area contributed by atoms with Gasteiger partial charge in [-0.3, -0.25) is 4.79 Å². The normalized spacial score (nSPS) is 12.7. The number of sulfonamides is 1. The summed E-state index contributed by atoms with van der Waals surface area (Å²) in [4.78, 5) is 14.9. The minimum atomic E-state index is -4.03. The molecule has 0 aliphatic heterocycles. The number of aromatic amines is 1. The van der Waals surface area contributed by atoms with Crippen molar-refractivity contribution < 1.29 is 18.3 Å². The lowest BCUT2D eigenvalue weighted by Crippen LogP contribution is -2.42. The molecule has 4 aromatic rings. The van der Waals surface area contributed by atoms with Gasteiger partial charge in [0.15, 0.2) is 0 Å². The van der Waals surface area contributed by atoms with Crippen LogP contribution in [0, 0.1) is 0 Å². The molecule has 0 aliphatic rings.